The number of rotatable bonds is 13. The van der Waals surface area contributed by atoms with Gasteiger partial charge in [0.2, 0.25) is 19.5 Å². The van der Waals surface area contributed by atoms with Crippen molar-refractivity contribution in [3.05, 3.63) is 0 Å². The summed E-state index contributed by atoms with van der Waals surface area (Å²) in [6.45, 7) is 14.5. The maximum atomic E-state index is 13.1. The van der Waals surface area contributed by atoms with Gasteiger partial charge in [-0.25, -0.2) is 14.4 Å². The minimum atomic E-state index is -1.43. The number of nitrogens with one attached hydrogen (secondary N) is 1. The number of hydrogen-bond acceptors (Lipinski definition) is 15. The zero-order chi connectivity index (χ0) is 32.8. The van der Waals surface area contributed by atoms with E-state index < -0.39 is 69.6 Å². The third-order valence-corrected chi connectivity index (χ3v) is 7.39. The smallest absolute Gasteiger partial charge is 0.371 e. The average Bonchev–Trinajstić information content (AvgIpc) is 2.89. The van der Waals surface area contributed by atoms with Crippen LogP contribution in [0.5, 0.6) is 0 Å². The zero-order valence-corrected chi connectivity index (χ0v) is 27.7. The summed E-state index contributed by atoms with van der Waals surface area (Å²) in [6.07, 6.45) is 0. The molecule has 1 aliphatic rings. The Labute approximate surface area is 260 Å². The lowest BCUT2D eigenvalue weighted by atomic mass is 9.97. The van der Waals surface area contributed by atoms with Gasteiger partial charge in [0.1, 0.15) is 12.6 Å². The van der Waals surface area contributed by atoms with Crippen molar-refractivity contribution < 1.29 is 57.2 Å². The van der Waals surface area contributed by atoms with Crippen molar-refractivity contribution in [1.82, 2.24) is 10.2 Å². The number of esters is 3. The van der Waals surface area contributed by atoms with Crippen LogP contribution in [-0.4, -0.2) is 109 Å². The van der Waals surface area contributed by atoms with Crippen LogP contribution in [0.25, 0.3) is 0 Å². The second kappa shape index (κ2) is 17.7. The Hall–Kier alpha value is -2.56. The number of carbonyl (C=O) groups is 6. The van der Waals surface area contributed by atoms with Gasteiger partial charge in [0.15, 0.2) is 0 Å². The fourth-order valence-corrected chi connectivity index (χ4v) is 4.20. The van der Waals surface area contributed by atoms with Crippen molar-refractivity contribution in [3.63, 3.8) is 0 Å². The Balaban J connectivity index is 2.74. The van der Waals surface area contributed by atoms with E-state index in [1.165, 1.54) is 13.8 Å². The average molecular weight is 653 g/mol. The Kier molecular flexibility index (Phi) is 15.8. The van der Waals surface area contributed by atoms with Crippen molar-refractivity contribution >= 4 is 57.9 Å². The van der Waals surface area contributed by atoms with E-state index in [2.05, 4.69) is 10.2 Å². The molecule has 246 valence electrons. The summed E-state index contributed by atoms with van der Waals surface area (Å²) in [6, 6.07) is -1.28. The van der Waals surface area contributed by atoms with E-state index in [-0.39, 0.29) is 12.4 Å². The van der Waals surface area contributed by atoms with Crippen LogP contribution in [0.4, 0.5) is 9.59 Å². The van der Waals surface area contributed by atoms with Crippen LogP contribution in [-0.2, 0) is 47.6 Å². The van der Waals surface area contributed by atoms with Gasteiger partial charge >= 0.3 is 28.5 Å². The SMILES string of the molecule is CC(C)(C)C(=O)OCOC(=O)SC[C@H](NC(=O)C(C)(C)SC(=O)OCOC(=O)C(C)(C)C)C(=O)OCCN1CCOCC1. The molecule has 0 spiro atoms. The summed E-state index contributed by atoms with van der Waals surface area (Å²) in [4.78, 5) is 76.3. The molecule has 0 radical (unpaired) electrons. The molecule has 0 bridgehead atoms. The lowest BCUT2D eigenvalue weighted by molar-refractivity contribution is -0.161. The minimum absolute atomic E-state index is 0.0425. The Bertz CT molecular complexity index is 985. The van der Waals surface area contributed by atoms with Crippen molar-refractivity contribution in [2.45, 2.75) is 66.2 Å². The van der Waals surface area contributed by atoms with Gasteiger partial charge in [0.05, 0.1) is 28.8 Å². The van der Waals surface area contributed by atoms with Gasteiger partial charge in [0.25, 0.3) is 0 Å². The first-order valence-corrected chi connectivity index (χ1v) is 15.4. The molecule has 1 heterocycles. The molecule has 1 rings (SSSR count). The Morgan fingerprint density at radius 1 is 0.767 bits per heavy atom. The van der Waals surface area contributed by atoms with E-state index in [0.717, 1.165) is 0 Å². The fourth-order valence-electron chi connectivity index (χ4n) is 2.87. The molecular weight excluding hydrogens is 608 g/mol. The van der Waals surface area contributed by atoms with Crippen molar-refractivity contribution in [2.75, 3.05) is 58.8 Å². The van der Waals surface area contributed by atoms with Gasteiger partial charge in [-0.3, -0.25) is 19.3 Å². The largest absolute Gasteiger partial charge is 0.463 e. The summed E-state index contributed by atoms with van der Waals surface area (Å²) in [5.74, 6) is -2.91. The lowest BCUT2D eigenvalue weighted by Gasteiger charge is -2.27. The molecule has 0 aromatic heterocycles. The fraction of sp³-hybridized carbons (Fsp3) is 0.778. The topological polar surface area (TPSA) is 173 Å². The van der Waals surface area contributed by atoms with E-state index >= 15 is 0 Å². The third-order valence-electron chi connectivity index (χ3n) is 5.56. The Morgan fingerprint density at radius 2 is 1.28 bits per heavy atom. The molecule has 1 aliphatic heterocycles. The number of morpholine rings is 1. The molecule has 1 fully saturated rings. The van der Waals surface area contributed by atoms with Gasteiger partial charge < -0.3 is 33.7 Å². The molecule has 0 aromatic rings. The predicted octanol–water partition coefficient (Wildman–Crippen LogP) is 2.96. The van der Waals surface area contributed by atoms with Crippen molar-refractivity contribution in [3.8, 4) is 0 Å². The molecule has 0 aromatic carbocycles. The molecule has 14 nitrogen and oxygen atoms in total. The predicted molar refractivity (Wildman–Crippen MR) is 158 cm³/mol. The molecule has 1 atom stereocenters. The van der Waals surface area contributed by atoms with Crippen LogP contribution in [0.2, 0.25) is 0 Å². The van der Waals surface area contributed by atoms with Crippen molar-refractivity contribution in [2.24, 2.45) is 10.8 Å². The van der Waals surface area contributed by atoms with E-state index in [4.69, 9.17) is 28.4 Å². The molecule has 1 N–H and O–H groups in total. The number of thioether (sulfide) groups is 2. The van der Waals surface area contributed by atoms with E-state index in [1.807, 2.05) is 0 Å². The molecule has 43 heavy (non-hydrogen) atoms. The highest BCUT2D eigenvalue weighted by Gasteiger charge is 2.36. The summed E-state index contributed by atoms with van der Waals surface area (Å²) in [7, 11) is 0. The van der Waals surface area contributed by atoms with Gasteiger partial charge in [0, 0.05) is 25.4 Å². The maximum Gasteiger partial charge on any atom is 0.371 e. The molecule has 1 saturated heterocycles. The summed E-state index contributed by atoms with van der Waals surface area (Å²) < 4.78 is 28.8. The van der Waals surface area contributed by atoms with Crippen LogP contribution in [0.1, 0.15) is 55.4 Å². The highest BCUT2D eigenvalue weighted by molar-refractivity contribution is 8.15. The van der Waals surface area contributed by atoms with Gasteiger partial charge in [-0.05, 0) is 78.9 Å². The van der Waals surface area contributed by atoms with Crippen LogP contribution in [0.15, 0.2) is 0 Å². The van der Waals surface area contributed by atoms with E-state index in [0.29, 0.717) is 56.4 Å². The van der Waals surface area contributed by atoms with Crippen LogP contribution < -0.4 is 5.32 Å². The number of carbonyl (C=O) groups excluding carboxylic acids is 6. The maximum absolute atomic E-state index is 13.1. The summed E-state index contributed by atoms with van der Waals surface area (Å²) in [5.41, 5.74) is -1.57. The number of nitrogens with zero attached hydrogens (tertiary/aromatic N) is 1. The molecule has 0 aliphatic carbocycles. The highest BCUT2D eigenvalue weighted by Crippen LogP contribution is 2.27. The van der Waals surface area contributed by atoms with Crippen LogP contribution >= 0.6 is 23.5 Å². The van der Waals surface area contributed by atoms with E-state index in [1.54, 1.807) is 41.5 Å². The molecule has 0 saturated carbocycles. The number of hydrogen-bond donors (Lipinski definition) is 1. The quantitative estimate of drug-likeness (QED) is 0.175. The highest BCUT2D eigenvalue weighted by atomic mass is 32.2. The zero-order valence-electron chi connectivity index (χ0n) is 26.1. The summed E-state index contributed by atoms with van der Waals surface area (Å²) in [5, 5.41) is 0.796. The van der Waals surface area contributed by atoms with Crippen LogP contribution in [0, 0.1) is 10.8 Å². The minimum Gasteiger partial charge on any atom is -0.463 e. The van der Waals surface area contributed by atoms with E-state index in [9.17, 15) is 28.8 Å². The normalized spacial score (nSPS) is 15.1. The second-order valence-corrected chi connectivity index (χ2v) is 14.5. The first-order valence-electron chi connectivity index (χ1n) is 13.6. The number of ether oxygens (including phenoxy) is 6. The first kappa shape index (κ1) is 38.5. The molecule has 16 heteroatoms. The van der Waals surface area contributed by atoms with Gasteiger partial charge in [-0.15, -0.1) is 0 Å². The molecule has 1 amide bonds. The van der Waals surface area contributed by atoms with Crippen LogP contribution in [0.3, 0.4) is 0 Å². The van der Waals surface area contributed by atoms with Crippen molar-refractivity contribution in [1.29, 1.82) is 0 Å². The third kappa shape index (κ3) is 15.6. The van der Waals surface area contributed by atoms with Gasteiger partial charge in [-0.1, -0.05) is 0 Å². The van der Waals surface area contributed by atoms with Gasteiger partial charge in [-0.2, -0.15) is 0 Å². The lowest BCUT2D eigenvalue weighted by Crippen LogP contribution is -2.50. The standard InChI is InChI=1S/C27H44N2O12S2/c1-25(2,3)21(32)38-16-40-23(34)42-15-18(19(30)37-14-11-29-9-12-36-13-10-29)28-20(31)27(7,8)43-24(35)41-17-39-22(33)26(4,5)6/h18H,9-17H2,1-8H3,(H,28,31)/t18-/m0/s1. The summed E-state index contributed by atoms with van der Waals surface area (Å²) >= 11 is 1.09. The molecular formula is C27H44N2O12S2. The molecule has 0 unspecified atom stereocenters. The second-order valence-electron chi connectivity index (χ2n) is 12.0. The first-order chi connectivity index (χ1) is 19.8. The Morgan fingerprint density at radius 3 is 1.79 bits per heavy atom. The number of amides is 1. The monoisotopic (exact) mass is 652 g/mol.